The van der Waals surface area contributed by atoms with E-state index in [1.165, 1.54) is 30.4 Å². The molecular weight excluding hydrogens is 344 g/mol. The molecule has 2 heteroatoms. The molecule has 1 aliphatic carbocycles. The maximum atomic E-state index is 7.19. The molecule has 1 aliphatic rings. The third kappa shape index (κ3) is 4.59. The normalized spacial score (nSPS) is 22.7. The van der Waals surface area contributed by atoms with Crippen LogP contribution in [-0.2, 0) is 11.0 Å². The fourth-order valence-corrected chi connectivity index (χ4v) is 13.2. The summed E-state index contributed by atoms with van der Waals surface area (Å²) in [7, 11) is -2.27. The first-order chi connectivity index (χ1) is 12.4. The first-order valence-electron chi connectivity index (χ1n) is 10.7. The van der Waals surface area contributed by atoms with Crippen molar-refractivity contribution in [1.29, 1.82) is 0 Å². The van der Waals surface area contributed by atoms with Crippen LogP contribution < -0.4 is 0 Å². The summed E-state index contributed by atoms with van der Waals surface area (Å²) >= 11 is 0. The highest BCUT2D eigenvalue weighted by atomic mass is 28.4. The smallest absolute Gasteiger partial charge is 0.211 e. The number of hydrogen-bond acceptors (Lipinski definition) is 1. The van der Waals surface area contributed by atoms with Crippen LogP contribution in [0.3, 0.4) is 0 Å². The van der Waals surface area contributed by atoms with E-state index in [0.29, 0.717) is 12.1 Å². The maximum absolute atomic E-state index is 7.19. The Morgan fingerprint density at radius 1 is 1.07 bits per heavy atom. The van der Waals surface area contributed by atoms with E-state index in [0.717, 1.165) is 11.8 Å². The van der Waals surface area contributed by atoms with Gasteiger partial charge in [-0.1, -0.05) is 90.8 Å². The summed E-state index contributed by atoms with van der Waals surface area (Å²) in [6.45, 7) is 24.4. The van der Waals surface area contributed by atoms with Crippen LogP contribution in [0.4, 0.5) is 0 Å². The molecule has 2 rings (SSSR count). The minimum absolute atomic E-state index is 0.134. The molecule has 0 radical (unpaired) electrons. The molecule has 1 nitrogen and oxygen atoms in total. The molecule has 0 saturated heterocycles. The molecule has 1 aromatic rings. The fraction of sp³-hybridized carbons (Fsp3) is 0.680. The van der Waals surface area contributed by atoms with E-state index in [-0.39, 0.29) is 10.1 Å². The number of allylic oxidation sites excluding steroid dienone is 1. The minimum Gasteiger partial charge on any atom is -0.411 e. The summed E-state index contributed by atoms with van der Waals surface area (Å²) in [5.74, 6) is 1.55. The molecule has 0 amide bonds. The van der Waals surface area contributed by atoms with Crippen molar-refractivity contribution in [2.75, 3.05) is 0 Å². The van der Waals surface area contributed by atoms with Crippen molar-refractivity contribution in [2.45, 2.75) is 96.9 Å². The third-order valence-corrected chi connectivity index (χ3v) is 13.6. The van der Waals surface area contributed by atoms with Crippen molar-refractivity contribution in [3.8, 4) is 0 Å². The van der Waals surface area contributed by atoms with Gasteiger partial charge in [0.25, 0.3) is 0 Å². The molecule has 27 heavy (non-hydrogen) atoms. The van der Waals surface area contributed by atoms with Crippen LogP contribution in [0.25, 0.3) is 0 Å². The molecule has 0 aliphatic heterocycles. The number of hydrogen-bond donors (Lipinski definition) is 0. The lowest BCUT2D eigenvalue weighted by atomic mass is 9.97. The second-order valence-corrected chi connectivity index (χ2v) is 16.4. The largest absolute Gasteiger partial charge is 0.411 e. The lowest BCUT2D eigenvalue weighted by Crippen LogP contribution is -2.59. The van der Waals surface area contributed by atoms with Gasteiger partial charge in [-0.25, -0.2) is 0 Å². The van der Waals surface area contributed by atoms with Crippen molar-refractivity contribution in [3.63, 3.8) is 0 Å². The Kier molecular flexibility index (Phi) is 6.85. The zero-order chi connectivity index (χ0) is 20.5. The van der Waals surface area contributed by atoms with Crippen LogP contribution >= 0.6 is 0 Å². The molecule has 0 unspecified atom stereocenters. The van der Waals surface area contributed by atoms with Gasteiger partial charge in [0, 0.05) is 5.54 Å². The second kappa shape index (κ2) is 8.25. The van der Waals surface area contributed by atoms with E-state index in [4.69, 9.17) is 4.43 Å². The SMILES string of the molecule is C=C(C)[C@H]([C@H]1CC[C@@H](C)C1)[Si](OCc1ccccc1)(C(C)(C)C)C(C)(C)C. The van der Waals surface area contributed by atoms with Crippen LogP contribution in [0.15, 0.2) is 42.5 Å². The Morgan fingerprint density at radius 2 is 1.63 bits per heavy atom. The first-order valence-corrected chi connectivity index (χ1v) is 12.7. The lowest BCUT2D eigenvalue weighted by molar-refractivity contribution is 0.227. The lowest BCUT2D eigenvalue weighted by Gasteiger charge is -2.56. The van der Waals surface area contributed by atoms with Gasteiger partial charge in [0.05, 0.1) is 6.61 Å². The minimum atomic E-state index is -2.27. The average molecular weight is 387 g/mol. The molecule has 0 N–H and O–H groups in total. The molecule has 1 aromatic carbocycles. The van der Waals surface area contributed by atoms with Crippen LogP contribution in [0.5, 0.6) is 0 Å². The van der Waals surface area contributed by atoms with E-state index in [1.54, 1.807) is 0 Å². The second-order valence-electron chi connectivity index (χ2n) is 11.0. The zero-order valence-corrected chi connectivity index (χ0v) is 20.1. The summed E-state index contributed by atoms with van der Waals surface area (Å²) in [4.78, 5) is 0. The first kappa shape index (κ1) is 22.4. The molecule has 1 saturated carbocycles. The van der Waals surface area contributed by atoms with Crippen molar-refractivity contribution >= 4 is 8.32 Å². The summed E-state index contributed by atoms with van der Waals surface area (Å²) in [6.07, 6.45) is 4.01. The number of rotatable bonds is 6. The molecule has 3 atom stereocenters. The standard InChI is InChI=1S/C25H42OSi/c1-19(2)23(22-16-15-20(3)17-22)27(24(4,5)6,25(7,8)9)26-18-21-13-11-10-12-14-21/h10-14,20,22-23H,1,15-18H2,2-9H3/t20-,22+,23-/m1/s1. The average Bonchev–Trinajstić information content (AvgIpc) is 2.95. The fourth-order valence-electron chi connectivity index (χ4n) is 5.99. The van der Waals surface area contributed by atoms with E-state index < -0.39 is 8.32 Å². The Morgan fingerprint density at radius 3 is 2.04 bits per heavy atom. The van der Waals surface area contributed by atoms with E-state index in [1.807, 2.05) is 0 Å². The molecular formula is C25H42OSi. The van der Waals surface area contributed by atoms with Crippen molar-refractivity contribution in [2.24, 2.45) is 11.8 Å². The number of benzene rings is 1. The highest BCUT2D eigenvalue weighted by Gasteiger charge is 2.62. The Bertz CT molecular complexity index is 606. The highest BCUT2D eigenvalue weighted by Crippen LogP contribution is 2.63. The van der Waals surface area contributed by atoms with Crippen molar-refractivity contribution in [3.05, 3.63) is 48.0 Å². The van der Waals surface area contributed by atoms with Gasteiger partial charge in [-0.15, -0.1) is 6.58 Å². The third-order valence-electron chi connectivity index (χ3n) is 6.71. The quantitative estimate of drug-likeness (QED) is 0.354. The molecule has 0 heterocycles. The van der Waals surface area contributed by atoms with Gasteiger partial charge in [0.1, 0.15) is 0 Å². The van der Waals surface area contributed by atoms with Crippen LogP contribution in [-0.4, -0.2) is 8.32 Å². The summed E-state index contributed by atoms with van der Waals surface area (Å²) in [5.41, 5.74) is 3.13. The van der Waals surface area contributed by atoms with Gasteiger partial charge in [-0.2, -0.15) is 0 Å². The monoisotopic (exact) mass is 386 g/mol. The van der Waals surface area contributed by atoms with Crippen LogP contribution in [0.1, 0.15) is 80.2 Å². The van der Waals surface area contributed by atoms with Gasteiger partial charge in [0.2, 0.25) is 8.32 Å². The predicted octanol–water partition coefficient (Wildman–Crippen LogP) is 8.13. The molecule has 152 valence electrons. The molecule has 1 fully saturated rings. The van der Waals surface area contributed by atoms with E-state index in [9.17, 15) is 0 Å². The van der Waals surface area contributed by atoms with Gasteiger partial charge in [-0.3, -0.25) is 0 Å². The van der Waals surface area contributed by atoms with Gasteiger partial charge in [0.15, 0.2) is 0 Å². The van der Waals surface area contributed by atoms with Crippen molar-refractivity contribution < 1.29 is 4.43 Å². The summed E-state index contributed by atoms with van der Waals surface area (Å²) < 4.78 is 7.19. The highest BCUT2D eigenvalue weighted by molar-refractivity contribution is 6.81. The predicted molar refractivity (Wildman–Crippen MR) is 121 cm³/mol. The van der Waals surface area contributed by atoms with Crippen LogP contribution in [0.2, 0.25) is 15.6 Å². The van der Waals surface area contributed by atoms with Crippen LogP contribution in [0, 0.1) is 11.8 Å². The summed E-state index contributed by atoms with van der Waals surface area (Å²) in [5, 5.41) is 0.269. The van der Waals surface area contributed by atoms with Crippen molar-refractivity contribution in [1.82, 2.24) is 0 Å². The van der Waals surface area contributed by atoms with Gasteiger partial charge < -0.3 is 4.43 Å². The zero-order valence-electron chi connectivity index (χ0n) is 19.1. The molecule has 0 bridgehead atoms. The summed E-state index contributed by atoms with van der Waals surface area (Å²) in [6, 6.07) is 10.7. The van der Waals surface area contributed by atoms with E-state index >= 15 is 0 Å². The van der Waals surface area contributed by atoms with Gasteiger partial charge >= 0.3 is 0 Å². The topological polar surface area (TPSA) is 9.23 Å². The van der Waals surface area contributed by atoms with E-state index in [2.05, 4.69) is 92.3 Å². The molecule has 0 aromatic heterocycles. The Hall–Kier alpha value is -0.863. The van der Waals surface area contributed by atoms with Gasteiger partial charge in [-0.05, 0) is 47.2 Å². The Labute approximate surface area is 169 Å². The maximum Gasteiger partial charge on any atom is 0.211 e. The Balaban J connectivity index is 2.53. The molecule has 0 spiro atoms.